The molecule has 0 unspecified atom stereocenters. The minimum atomic E-state index is -0.00133. The molecule has 0 saturated carbocycles. The van der Waals surface area contributed by atoms with Crippen LogP contribution in [0.1, 0.15) is 0 Å². The molecule has 2 heterocycles. The molecule has 0 aliphatic heterocycles. The summed E-state index contributed by atoms with van der Waals surface area (Å²) >= 11 is 0. The van der Waals surface area contributed by atoms with Crippen molar-refractivity contribution in [2.24, 2.45) is 0 Å². The number of rotatable bonds is 2. The summed E-state index contributed by atoms with van der Waals surface area (Å²) in [5, 5.41) is 25.5. The summed E-state index contributed by atoms with van der Waals surface area (Å²) in [6, 6.07) is 12.6. The predicted octanol–water partition coefficient (Wildman–Crippen LogP) is 1.70. The van der Waals surface area contributed by atoms with Crippen molar-refractivity contribution in [1.82, 2.24) is 25.4 Å². The maximum atomic E-state index is 9.65. The second-order valence-electron chi connectivity index (χ2n) is 3.78. The Bertz CT molecular complexity index is 685. The number of hydrogen-bond donors (Lipinski definition) is 1. The Labute approximate surface area is 108 Å². The summed E-state index contributed by atoms with van der Waals surface area (Å²) in [5.41, 5.74) is 1.10. The highest BCUT2D eigenvalue weighted by atomic mass is 16.3. The lowest BCUT2D eigenvalue weighted by Gasteiger charge is -2.01. The van der Waals surface area contributed by atoms with E-state index in [-0.39, 0.29) is 17.3 Å². The molecule has 0 radical (unpaired) electrons. The van der Waals surface area contributed by atoms with Gasteiger partial charge in [0.1, 0.15) is 5.75 Å². The third kappa shape index (κ3) is 2.23. The van der Waals surface area contributed by atoms with Gasteiger partial charge in [0.05, 0.1) is 0 Å². The van der Waals surface area contributed by atoms with Crippen molar-refractivity contribution in [2.75, 3.05) is 0 Å². The zero-order valence-corrected chi connectivity index (χ0v) is 9.80. The molecule has 0 aliphatic carbocycles. The van der Waals surface area contributed by atoms with Gasteiger partial charge in [-0.3, -0.25) is 0 Å². The fraction of sp³-hybridized carbons (Fsp3) is 0. The molecule has 3 aromatic rings. The minimum Gasteiger partial charge on any atom is -0.506 e. The van der Waals surface area contributed by atoms with Crippen molar-refractivity contribution in [3.05, 3.63) is 48.7 Å². The lowest BCUT2D eigenvalue weighted by Crippen LogP contribution is -2.00. The number of nitrogens with zero attached hydrogens (tertiary/aromatic N) is 5. The molecule has 1 N–H and O–H groups in total. The van der Waals surface area contributed by atoms with Crippen molar-refractivity contribution in [3.8, 4) is 28.7 Å². The van der Waals surface area contributed by atoms with Crippen molar-refractivity contribution in [2.45, 2.75) is 0 Å². The standard InChI is InChI=1S/C13H9N5O/c19-10-7-4-8-14-11(10)13-17-15-12(16-18-13)9-5-2-1-3-6-9/h1-8,19H. The van der Waals surface area contributed by atoms with Gasteiger partial charge in [0, 0.05) is 11.8 Å². The molecule has 0 bridgehead atoms. The molecule has 0 fully saturated rings. The second-order valence-corrected chi connectivity index (χ2v) is 3.78. The monoisotopic (exact) mass is 251 g/mol. The van der Waals surface area contributed by atoms with E-state index in [0.29, 0.717) is 5.82 Å². The van der Waals surface area contributed by atoms with Crippen LogP contribution in [0.15, 0.2) is 48.7 Å². The van der Waals surface area contributed by atoms with E-state index in [1.165, 1.54) is 6.07 Å². The first-order chi connectivity index (χ1) is 9.34. The summed E-state index contributed by atoms with van der Waals surface area (Å²) in [4.78, 5) is 4.00. The number of aromatic hydroxyl groups is 1. The predicted molar refractivity (Wildman–Crippen MR) is 68.0 cm³/mol. The van der Waals surface area contributed by atoms with E-state index in [0.717, 1.165) is 5.56 Å². The van der Waals surface area contributed by atoms with Crippen LogP contribution in [0.3, 0.4) is 0 Å². The normalized spacial score (nSPS) is 10.3. The number of aromatic nitrogens is 5. The fourth-order valence-electron chi connectivity index (χ4n) is 1.60. The second kappa shape index (κ2) is 4.77. The minimum absolute atomic E-state index is 0.00133. The molecule has 19 heavy (non-hydrogen) atoms. The van der Waals surface area contributed by atoms with E-state index in [1.54, 1.807) is 12.3 Å². The molecule has 0 aliphatic rings. The Kier molecular flexibility index (Phi) is 2.82. The molecular weight excluding hydrogens is 242 g/mol. The van der Waals surface area contributed by atoms with Gasteiger partial charge < -0.3 is 5.11 Å². The highest BCUT2D eigenvalue weighted by Crippen LogP contribution is 2.22. The van der Waals surface area contributed by atoms with Gasteiger partial charge >= 0.3 is 0 Å². The third-order valence-electron chi connectivity index (χ3n) is 2.51. The van der Waals surface area contributed by atoms with E-state index in [9.17, 15) is 5.11 Å². The average molecular weight is 251 g/mol. The van der Waals surface area contributed by atoms with Crippen molar-refractivity contribution < 1.29 is 5.11 Å². The molecule has 6 heteroatoms. The van der Waals surface area contributed by atoms with Crippen LogP contribution in [0.2, 0.25) is 0 Å². The zero-order valence-electron chi connectivity index (χ0n) is 9.80. The van der Waals surface area contributed by atoms with E-state index < -0.39 is 0 Å². The number of benzene rings is 1. The lowest BCUT2D eigenvalue weighted by atomic mass is 10.2. The first kappa shape index (κ1) is 11.2. The van der Waals surface area contributed by atoms with E-state index in [4.69, 9.17) is 0 Å². The van der Waals surface area contributed by atoms with E-state index in [1.807, 2.05) is 30.3 Å². The molecule has 0 spiro atoms. The van der Waals surface area contributed by atoms with Crippen LogP contribution < -0.4 is 0 Å². The topological polar surface area (TPSA) is 84.7 Å². The zero-order chi connectivity index (χ0) is 13.1. The van der Waals surface area contributed by atoms with Gasteiger partial charge in [0.25, 0.3) is 0 Å². The van der Waals surface area contributed by atoms with Crippen LogP contribution in [0.5, 0.6) is 5.75 Å². The number of pyridine rings is 1. The van der Waals surface area contributed by atoms with Gasteiger partial charge in [-0.2, -0.15) is 0 Å². The smallest absolute Gasteiger partial charge is 0.225 e. The average Bonchev–Trinajstić information content (AvgIpc) is 2.49. The van der Waals surface area contributed by atoms with Crippen molar-refractivity contribution >= 4 is 0 Å². The van der Waals surface area contributed by atoms with Crippen LogP contribution in [0.25, 0.3) is 22.9 Å². The molecule has 2 aromatic heterocycles. The van der Waals surface area contributed by atoms with E-state index >= 15 is 0 Å². The molecule has 0 atom stereocenters. The molecular formula is C13H9N5O. The Morgan fingerprint density at radius 1 is 0.737 bits per heavy atom. The van der Waals surface area contributed by atoms with E-state index in [2.05, 4.69) is 25.4 Å². The van der Waals surface area contributed by atoms with Crippen LogP contribution >= 0.6 is 0 Å². The highest BCUT2D eigenvalue weighted by Gasteiger charge is 2.10. The fourth-order valence-corrected chi connectivity index (χ4v) is 1.60. The van der Waals surface area contributed by atoms with Crippen LogP contribution in [-0.2, 0) is 0 Å². The summed E-state index contributed by atoms with van der Waals surface area (Å²) in [6.45, 7) is 0. The SMILES string of the molecule is Oc1cccnc1-c1nnc(-c2ccccc2)nn1. The quantitative estimate of drug-likeness (QED) is 0.746. The van der Waals surface area contributed by atoms with Gasteiger partial charge in [-0.25, -0.2) is 4.98 Å². The van der Waals surface area contributed by atoms with Crippen LogP contribution in [0, 0.1) is 0 Å². The van der Waals surface area contributed by atoms with Crippen molar-refractivity contribution in [3.63, 3.8) is 0 Å². The molecule has 6 nitrogen and oxygen atoms in total. The Balaban J connectivity index is 1.98. The Hall–Kier alpha value is -2.89. The lowest BCUT2D eigenvalue weighted by molar-refractivity contribution is 0.474. The third-order valence-corrected chi connectivity index (χ3v) is 2.51. The first-order valence-corrected chi connectivity index (χ1v) is 5.62. The molecule has 1 aromatic carbocycles. The molecule has 3 rings (SSSR count). The summed E-state index contributed by atoms with van der Waals surface area (Å²) in [6.07, 6.45) is 1.55. The first-order valence-electron chi connectivity index (χ1n) is 5.62. The Morgan fingerprint density at radius 2 is 1.42 bits per heavy atom. The summed E-state index contributed by atoms with van der Waals surface area (Å²) < 4.78 is 0. The van der Waals surface area contributed by atoms with Crippen LogP contribution in [-0.4, -0.2) is 30.5 Å². The molecule has 0 saturated heterocycles. The maximum absolute atomic E-state index is 9.65. The largest absolute Gasteiger partial charge is 0.506 e. The summed E-state index contributed by atoms with van der Waals surface area (Å²) in [7, 11) is 0. The molecule has 92 valence electrons. The van der Waals surface area contributed by atoms with Gasteiger partial charge in [-0.15, -0.1) is 20.4 Å². The Morgan fingerprint density at radius 3 is 2.11 bits per heavy atom. The summed E-state index contributed by atoms with van der Waals surface area (Å²) in [5.74, 6) is 0.621. The van der Waals surface area contributed by atoms with Crippen molar-refractivity contribution in [1.29, 1.82) is 0 Å². The highest BCUT2D eigenvalue weighted by molar-refractivity contribution is 5.58. The van der Waals surface area contributed by atoms with Gasteiger partial charge in [0.15, 0.2) is 5.69 Å². The molecule has 0 amide bonds. The van der Waals surface area contributed by atoms with Gasteiger partial charge in [-0.05, 0) is 12.1 Å². The number of hydrogen-bond acceptors (Lipinski definition) is 6. The van der Waals surface area contributed by atoms with Gasteiger partial charge in [-0.1, -0.05) is 30.3 Å². The van der Waals surface area contributed by atoms with Gasteiger partial charge in [0.2, 0.25) is 11.6 Å². The maximum Gasteiger partial charge on any atom is 0.225 e. The van der Waals surface area contributed by atoms with Crippen LogP contribution in [0.4, 0.5) is 0 Å².